The third-order valence-corrected chi connectivity index (χ3v) is 6.00. The Bertz CT molecular complexity index is 1140. The first-order valence-corrected chi connectivity index (χ1v) is 11.3. The number of nitrogens with one attached hydrogen (secondary N) is 3. The van der Waals surface area contributed by atoms with Gasteiger partial charge in [0.25, 0.3) is 0 Å². The SMILES string of the molecule is CN=C(NCCNS(=O)(=O)c1cccnc1)NCc1ccccc1-n1nc(C)cc1C. The Hall–Kier alpha value is -3.24. The summed E-state index contributed by atoms with van der Waals surface area (Å²) in [5.41, 5.74) is 4.09. The largest absolute Gasteiger partial charge is 0.355 e. The van der Waals surface area contributed by atoms with Crippen molar-refractivity contribution in [3.05, 3.63) is 71.8 Å². The predicted molar refractivity (Wildman–Crippen MR) is 121 cm³/mol. The van der Waals surface area contributed by atoms with Gasteiger partial charge in [-0.05, 0) is 43.7 Å². The van der Waals surface area contributed by atoms with Crippen molar-refractivity contribution in [3.8, 4) is 5.69 Å². The number of guanidine groups is 1. The van der Waals surface area contributed by atoms with Gasteiger partial charge in [-0.1, -0.05) is 18.2 Å². The van der Waals surface area contributed by atoms with E-state index in [1.807, 2.05) is 48.9 Å². The third-order valence-electron chi connectivity index (χ3n) is 4.55. The van der Waals surface area contributed by atoms with E-state index in [4.69, 9.17) is 0 Å². The highest BCUT2D eigenvalue weighted by atomic mass is 32.2. The molecule has 3 N–H and O–H groups in total. The fourth-order valence-electron chi connectivity index (χ4n) is 3.09. The number of rotatable bonds is 8. The first-order valence-electron chi connectivity index (χ1n) is 9.86. The highest BCUT2D eigenvalue weighted by Gasteiger charge is 2.13. The zero-order chi connectivity index (χ0) is 22.3. The van der Waals surface area contributed by atoms with Crippen molar-refractivity contribution < 1.29 is 8.42 Å². The maximum Gasteiger partial charge on any atom is 0.242 e. The standard InChI is InChI=1S/C21H27N7O2S/c1-16-13-17(2)28(27-16)20-9-5-4-7-18(20)14-25-21(22-3)24-11-12-26-31(29,30)19-8-6-10-23-15-19/h4-10,13,15,26H,11-12,14H2,1-3H3,(H2,22,24,25). The normalized spacial score (nSPS) is 12.0. The van der Waals surface area contributed by atoms with E-state index in [1.165, 1.54) is 18.5 Å². The molecular formula is C21H27N7O2S. The van der Waals surface area contributed by atoms with E-state index >= 15 is 0 Å². The lowest BCUT2D eigenvalue weighted by atomic mass is 10.1. The van der Waals surface area contributed by atoms with Gasteiger partial charge in [-0.3, -0.25) is 9.98 Å². The van der Waals surface area contributed by atoms with Gasteiger partial charge in [0.2, 0.25) is 10.0 Å². The van der Waals surface area contributed by atoms with Gasteiger partial charge in [0, 0.05) is 44.8 Å². The lowest BCUT2D eigenvalue weighted by molar-refractivity contribution is 0.580. The van der Waals surface area contributed by atoms with Gasteiger partial charge in [0.1, 0.15) is 4.90 Å². The maximum absolute atomic E-state index is 12.2. The summed E-state index contributed by atoms with van der Waals surface area (Å²) >= 11 is 0. The Morgan fingerprint density at radius 1 is 1.10 bits per heavy atom. The van der Waals surface area contributed by atoms with E-state index in [9.17, 15) is 8.42 Å². The van der Waals surface area contributed by atoms with Crippen LogP contribution in [0.4, 0.5) is 0 Å². The van der Waals surface area contributed by atoms with Crippen LogP contribution in [0.1, 0.15) is 17.0 Å². The number of para-hydroxylation sites is 1. The number of sulfonamides is 1. The smallest absolute Gasteiger partial charge is 0.242 e. The van der Waals surface area contributed by atoms with Crippen LogP contribution in [-0.4, -0.2) is 49.3 Å². The average Bonchev–Trinajstić information content (AvgIpc) is 3.11. The van der Waals surface area contributed by atoms with Crippen molar-refractivity contribution in [2.75, 3.05) is 20.1 Å². The fraction of sp³-hybridized carbons (Fsp3) is 0.286. The van der Waals surface area contributed by atoms with Crippen LogP contribution < -0.4 is 15.4 Å². The van der Waals surface area contributed by atoms with Crippen LogP contribution in [0.5, 0.6) is 0 Å². The predicted octanol–water partition coefficient (Wildman–Crippen LogP) is 1.53. The highest BCUT2D eigenvalue weighted by Crippen LogP contribution is 2.16. The molecule has 0 aliphatic rings. The molecule has 0 fully saturated rings. The topological polar surface area (TPSA) is 113 Å². The lowest BCUT2D eigenvalue weighted by Gasteiger charge is -2.15. The molecule has 0 aliphatic carbocycles. The molecule has 10 heteroatoms. The molecule has 2 aromatic heterocycles. The van der Waals surface area contributed by atoms with Gasteiger partial charge in [-0.15, -0.1) is 0 Å². The summed E-state index contributed by atoms with van der Waals surface area (Å²) in [6, 6.07) is 13.2. The van der Waals surface area contributed by atoms with E-state index in [0.717, 1.165) is 22.6 Å². The number of aliphatic imine (C=N–C) groups is 1. The zero-order valence-electron chi connectivity index (χ0n) is 17.8. The number of nitrogens with zero attached hydrogens (tertiary/aromatic N) is 4. The quantitative estimate of drug-likeness (QED) is 0.278. The van der Waals surface area contributed by atoms with Crippen molar-refractivity contribution in [1.82, 2.24) is 30.1 Å². The molecule has 0 aliphatic heterocycles. The molecule has 0 radical (unpaired) electrons. The molecule has 0 atom stereocenters. The van der Waals surface area contributed by atoms with Gasteiger partial charge in [-0.25, -0.2) is 17.8 Å². The number of aromatic nitrogens is 3. The highest BCUT2D eigenvalue weighted by molar-refractivity contribution is 7.89. The Balaban J connectivity index is 1.54. The van der Waals surface area contributed by atoms with E-state index in [1.54, 1.807) is 13.1 Å². The Kier molecular flexibility index (Phi) is 7.37. The van der Waals surface area contributed by atoms with Crippen LogP contribution in [0, 0.1) is 13.8 Å². The zero-order valence-corrected chi connectivity index (χ0v) is 18.6. The molecule has 0 amide bonds. The van der Waals surface area contributed by atoms with Crippen LogP contribution in [-0.2, 0) is 16.6 Å². The summed E-state index contributed by atoms with van der Waals surface area (Å²) in [6.07, 6.45) is 2.85. The fourth-order valence-corrected chi connectivity index (χ4v) is 4.09. The van der Waals surface area contributed by atoms with Crippen LogP contribution in [0.3, 0.4) is 0 Å². The summed E-state index contributed by atoms with van der Waals surface area (Å²) in [7, 11) is -1.91. The number of benzene rings is 1. The molecule has 2 heterocycles. The molecular weight excluding hydrogens is 414 g/mol. The van der Waals surface area contributed by atoms with Crippen LogP contribution in [0.25, 0.3) is 5.69 Å². The van der Waals surface area contributed by atoms with Gasteiger partial charge in [0.05, 0.1) is 11.4 Å². The Labute approximate surface area is 182 Å². The van der Waals surface area contributed by atoms with E-state index < -0.39 is 10.0 Å². The monoisotopic (exact) mass is 441 g/mol. The first-order chi connectivity index (χ1) is 14.9. The first kappa shape index (κ1) is 22.4. The lowest BCUT2D eigenvalue weighted by Crippen LogP contribution is -2.41. The number of hydrogen-bond donors (Lipinski definition) is 3. The van der Waals surface area contributed by atoms with Crippen molar-refractivity contribution >= 4 is 16.0 Å². The van der Waals surface area contributed by atoms with Crippen LogP contribution in [0.2, 0.25) is 0 Å². The van der Waals surface area contributed by atoms with Crippen molar-refractivity contribution in [3.63, 3.8) is 0 Å². The molecule has 0 unspecified atom stereocenters. The minimum absolute atomic E-state index is 0.137. The summed E-state index contributed by atoms with van der Waals surface area (Å²) in [4.78, 5) is 8.18. The Morgan fingerprint density at radius 2 is 1.90 bits per heavy atom. The second kappa shape index (κ2) is 10.2. The molecule has 31 heavy (non-hydrogen) atoms. The van der Waals surface area contributed by atoms with E-state index in [0.29, 0.717) is 19.0 Å². The second-order valence-corrected chi connectivity index (χ2v) is 8.67. The molecule has 0 spiro atoms. The number of aryl methyl sites for hydroxylation is 2. The molecule has 0 saturated carbocycles. The molecule has 3 aromatic rings. The number of pyridine rings is 1. The van der Waals surface area contributed by atoms with E-state index in [-0.39, 0.29) is 11.4 Å². The Morgan fingerprint density at radius 3 is 2.58 bits per heavy atom. The third kappa shape index (κ3) is 5.89. The summed E-state index contributed by atoms with van der Waals surface area (Å²) in [5, 5.41) is 10.9. The number of hydrogen-bond acceptors (Lipinski definition) is 5. The molecule has 164 valence electrons. The summed E-state index contributed by atoms with van der Waals surface area (Å²) < 4.78 is 28.9. The van der Waals surface area contributed by atoms with Gasteiger partial charge >= 0.3 is 0 Å². The van der Waals surface area contributed by atoms with Crippen molar-refractivity contribution in [1.29, 1.82) is 0 Å². The molecule has 9 nitrogen and oxygen atoms in total. The summed E-state index contributed by atoms with van der Waals surface area (Å²) in [5.74, 6) is 0.573. The van der Waals surface area contributed by atoms with E-state index in [2.05, 4.69) is 30.4 Å². The van der Waals surface area contributed by atoms with Crippen LogP contribution >= 0.6 is 0 Å². The van der Waals surface area contributed by atoms with Crippen molar-refractivity contribution in [2.45, 2.75) is 25.3 Å². The molecule has 3 rings (SSSR count). The molecule has 0 bridgehead atoms. The second-order valence-electron chi connectivity index (χ2n) is 6.91. The van der Waals surface area contributed by atoms with Gasteiger partial charge in [-0.2, -0.15) is 5.10 Å². The maximum atomic E-state index is 12.2. The van der Waals surface area contributed by atoms with Crippen molar-refractivity contribution in [2.24, 2.45) is 4.99 Å². The molecule has 0 saturated heterocycles. The molecule has 1 aromatic carbocycles. The minimum atomic E-state index is -3.58. The minimum Gasteiger partial charge on any atom is -0.355 e. The van der Waals surface area contributed by atoms with Crippen LogP contribution in [0.15, 0.2) is 64.7 Å². The van der Waals surface area contributed by atoms with Gasteiger partial charge < -0.3 is 10.6 Å². The average molecular weight is 442 g/mol. The van der Waals surface area contributed by atoms with Gasteiger partial charge in [0.15, 0.2) is 5.96 Å². The summed E-state index contributed by atoms with van der Waals surface area (Å²) in [6.45, 7) is 5.12.